The number of nitrogens with zero attached hydrogens (tertiary/aromatic N) is 5. The summed E-state index contributed by atoms with van der Waals surface area (Å²) in [7, 11) is 2.10. The zero-order valence-electron chi connectivity index (χ0n) is 18.6. The van der Waals surface area contributed by atoms with Crippen LogP contribution in [0.15, 0.2) is 63.9 Å². The summed E-state index contributed by atoms with van der Waals surface area (Å²) in [5.41, 5.74) is 1.82. The monoisotopic (exact) mass is 463 g/mol. The topological polar surface area (TPSA) is 77.1 Å². The molecule has 0 radical (unpaired) electrons. The summed E-state index contributed by atoms with van der Waals surface area (Å²) in [5.74, 6) is 0.00394. The predicted molar refractivity (Wildman–Crippen MR) is 122 cm³/mol. The molecule has 0 N–H and O–H groups in total. The van der Waals surface area contributed by atoms with E-state index >= 15 is 0 Å². The molecule has 1 fully saturated rings. The Morgan fingerprint density at radius 3 is 2.53 bits per heavy atom. The van der Waals surface area contributed by atoms with Gasteiger partial charge in [0.25, 0.3) is 5.56 Å². The molecule has 1 aliphatic rings. The van der Waals surface area contributed by atoms with Crippen LogP contribution in [0, 0.1) is 11.6 Å². The third-order valence-corrected chi connectivity index (χ3v) is 6.05. The second kappa shape index (κ2) is 9.26. The standard InChI is InChI=1S/C25H23F2N5O2/c1-31-9-7-17(8-10-31)25-28-24(30-34-25)18-4-2-3-16(11-18)15-32-23(33)6-5-22(29-32)19-12-20(26)14-21(27)13-19/h2-6,11-14,17H,7-10,15H2,1H3. The Balaban J connectivity index is 1.38. The highest BCUT2D eigenvalue weighted by Crippen LogP contribution is 2.28. The first-order chi connectivity index (χ1) is 16.4. The van der Waals surface area contributed by atoms with Gasteiger partial charge in [-0.1, -0.05) is 23.4 Å². The summed E-state index contributed by atoms with van der Waals surface area (Å²) in [6.45, 7) is 2.18. The molecule has 0 unspecified atom stereocenters. The van der Waals surface area contributed by atoms with Crippen molar-refractivity contribution in [3.05, 3.63) is 88.0 Å². The van der Waals surface area contributed by atoms with Crippen LogP contribution in [0.25, 0.3) is 22.6 Å². The summed E-state index contributed by atoms with van der Waals surface area (Å²) < 4.78 is 34.1. The van der Waals surface area contributed by atoms with Crippen molar-refractivity contribution in [2.24, 2.45) is 0 Å². The van der Waals surface area contributed by atoms with Gasteiger partial charge in [0, 0.05) is 29.2 Å². The highest BCUT2D eigenvalue weighted by molar-refractivity contribution is 5.58. The van der Waals surface area contributed by atoms with Gasteiger partial charge in [-0.2, -0.15) is 10.1 Å². The summed E-state index contributed by atoms with van der Waals surface area (Å²) in [6, 6.07) is 13.4. The molecule has 0 saturated carbocycles. The van der Waals surface area contributed by atoms with Gasteiger partial charge in [0.05, 0.1) is 12.2 Å². The van der Waals surface area contributed by atoms with E-state index in [0.717, 1.165) is 43.1 Å². The van der Waals surface area contributed by atoms with Crippen LogP contribution in [0.5, 0.6) is 0 Å². The molecule has 1 saturated heterocycles. The average Bonchev–Trinajstić information content (AvgIpc) is 3.31. The van der Waals surface area contributed by atoms with Crippen LogP contribution in [-0.2, 0) is 6.54 Å². The summed E-state index contributed by atoms with van der Waals surface area (Å²) >= 11 is 0. The minimum atomic E-state index is -0.707. The molecule has 174 valence electrons. The first-order valence-electron chi connectivity index (χ1n) is 11.1. The Hall–Kier alpha value is -3.72. The van der Waals surface area contributed by atoms with Crippen molar-refractivity contribution in [2.45, 2.75) is 25.3 Å². The fourth-order valence-corrected chi connectivity index (χ4v) is 4.17. The highest BCUT2D eigenvalue weighted by atomic mass is 19.1. The predicted octanol–water partition coefficient (Wildman–Crippen LogP) is 4.10. The second-order valence-electron chi connectivity index (χ2n) is 8.61. The van der Waals surface area contributed by atoms with E-state index in [2.05, 4.69) is 27.2 Å². The van der Waals surface area contributed by atoms with Crippen LogP contribution in [0.3, 0.4) is 0 Å². The smallest absolute Gasteiger partial charge is 0.267 e. The molecule has 9 heteroatoms. The quantitative estimate of drug-likeness (QED) is 0.444. The molecular formula is C25H23F2N5O2. The largest absolute Gasteiger partial charge is 0.339 e. The zero-order valence-corrected chi connectivity index (χ0v) is 18.6. The molecule has 3 heterocycles. The van der Waals surface area contributed by atoms with Crippen LogP contribution in [0.2, 0.25) is 0 Å². The van der Waals surface area contributed by atoms with Gasteiger partial charge in [-0.05, 0) is 62.8 Å². The molecule has 0 aliphatic carbocycles. The molecule has 7 nitrogen and oxygen atoms in total. The zero-order chi connectivity index (χ0) is 23.7. The number of aromatic nitrogens is 4. The normalized spacial score (nSPS) is 15.0. The number of benzene rings is 2. The lowest BCUT2D eigenvalue weighted by molar-refractivity contribution is 0.227. The van der Waals surface area contributed by atoms with E-state index in [9.17, 15) is 13.6 Å². The Morgan fingerprint density at radius 2 is 1.76 bits per heavy atom. The van der Waals surface area contributed by atoms with Crippen LogP contribution in [-0.4, -0.2) is 45.0 Å². The molecule has 2 aromatic carbocycles. The lowest BCUT2D eigenvalue weighted by Crippen LogP contribution is -2.29. The number of likely N-dealkylation sites (tertiary alicyclic amines) is 1. The van der Waals surface area contributed by atoms with Gasteiger partial charge in [0.2, 0.25) is 11.7 Å². The van der Waals surface area contributed by atoms with E-state index in [4.69, 9.17) is 4.52 Å². The van der Waals surface area contributed by atoms with Crippen molar-refractivity contribution in [1.29, 1.82) is 0 Å². The molecule has 2 aromatic heterocycles. The third-order valence-electron chi connectivity index (χ3n) is 6.05. The molecule has 4 aromatic rings. The maximum absolute atomic E-state index is 13.6. The van der Waals surface area contributed by atoms with Crippen LogP contribution in [0.1, 0.15) is 30.2 Å². The van der Waals surface area contributed by atoms with Gasteiger partial charge in [0.15, 0.2) is 0 Å². The molecule has 34 heavy (non-hydrogen) atoms. The Kier molecular flexibility index (Phi) is 6.02. The minimum Gasteiger partial charge on any atom is -0.339 e. The molecule has 0 bridgehead atoms. The van der Waals surface area contributed by atoms with E-state index in [1.54, 1.807) is 0 Å². The number of rotatable bonds is 5. The van der Waals surface area contributed by atoms with E-state index < -0.39 is 11.6 Å². The van der Waals surface area contributed by atoms with E-state index in [1.165, 1.54) is 28.9 Å². The van der Waals surface area contributed by atoms with Gasteiger partial charge in [-0.3, -0.25) is 4.79 Å². The molecule has 0 amide bonds. The van der Waals surface area contributed by atoms with Gasteiger partial charge in [-0.15, -0.1) is 0 Å². The Bertz CT molecular complexity index is 1360. The first kappa shape index (κ1) is 22.1. The minimum absolute atomic E-state index is 0.179. The molecule has 0 atom stereocenters. The van der Waals surface area contributed by atoms with Gasteiger partial charge in [-0.25, -0.2) is 13.5 Å². The molecule has 0 spiro atoms. The van der Waals surface area contributed by atoms with E-state index in [1.807, 2.05) is 24.3 Å². The van der Waals surface area contributed by atoms with Crippen LogP contribution < -0.4 is 5.56 Å². The SMILES string of the molecule is CN1CCC(c2nc(-c3cccc(Cn4nc(-c5cc(F)cc(F)c5)ccc4=O)c3)no2)CC1. The fourth-order valence-electron chi connectivity index (χ4n) is 4.17. The fraction of sp³-hybridized carbons (Fsp3) is 0.280. The summed E-state index contributed by atoms with van der Waals surface area (Å²) in [6.07, 6.45) is 1.97. The number of piperidine rings is 1. The average molecular weight is 463 g/mol. The van der Waals surface area contributed by atoms with Crippen LogP contribution in [0.4, 0.5) is 8.78 Å². The highest BCUT2D eigenvalue weighted by Gasteiger charge is 2.24. The Morgan fingerprint density at radius 1 is 1.00 bits per heavy atom. The Labute approximate surface area is 194 Å². The van der Waals surface area contributed by atoms with Crippen molar-refractivity contribution in [1.82, 2.24) is 24.8 Å². The van der Waals surface area contributed by atoms with Crippen molar-refractivity contribution in [3.63, 3.8) is 0 Å². The lowest BCUT2D eigenvalue weighted by Gasteiger charge is -2.26. The maximum atomic E-state index is 13.6. The number of hydrogen-bond donors (Lipinski definition) is 0. The second-order valence-corrected chi connectivity index (χ2v) is 8.61. The van der Waals surface area contributed by atoms with Crippen molar-refractivity contribution in [2.75, 3.05) is 20.1 Å². The first-order valence-corrected chi connectivity index (χ1v) is 11.1. The van der Waals surface area contributed by atoms with E-state index in [0.29, 0.717) is 17.4 Å². The van der Waals surface area contributed by atoms with Crippen molar-refractivity contribution >= 4 is 0 Å². The summed E-state index contributed by atoms with van der Waals surface area (Å²) in [5, 5.41) is 8.47. The lowest BCUT2D eigenvalue weighted by atomic mass is 9.97. The van der Waals surface area contributed by atoms with Gasteiger partial charge < -0.3 is 9.42 Å². The number of hydrogen-bond acceptors (Lipinski definition) is 6. The van der Waals surface area contributed by atoms with Crippen molar-refractivity contribution in [3.8, 4) is 22.6 Å². The molecule has 5 rings (SSSR count). The third kappa shape index (κ3) is 4.79. The van der Waals surface area contributed by atoms with Gasteiger partial charge >= 0.3 is 0 Å². The van der Waals surface area contributed by atoms with Gasteiger partial charge in [0.1, 0.15) is 11.6 Å². The van der Waals surface area contributed by atoms with Crippen molar-refractivity contribution < 1.29 is 13.3 Å². The van der Waals surface area contributed by atoms with E-state index in [-0.39, 0.29) is 23.6 Å². The summed E-state index contributed by atoms with van der Waals surface area (Å²) in [4.78, 5) is 19.3. The number of halogens is 2. The molecule has 1 aliphatic heterocycles. The maximum Gasteiger partial charge on any atom is 0.267 e. The molecular weight excluding hydrogens is 440 g/mol. The van der Waals surface area contributed by atoms with Crippen LogP contribution >= 0.6 is 0 Å².